The number of likely N-dealkylation sites (tertiary alicyclic amines) is 2. The molecule has 0 radical (unpaired) electrons. The molecule has 2 aliphatic heterocycles. The predicted molar refractivity (Wildman–Crippen MR) is 183 cm³/mol. The topological polar surface area (TPSA) is 116 Å². The summed E-state index contributed by atoms with van der Waals surface area (Å²) in [7, 11) is 0. The first-order valence-corrected chi connectivity index (χ1v) is 17.0. The second-order valence-corrected chi connectivity index (χ2v) is 15.3. The number of piperidine rings is 1. The van der Waals surface area contributed by atoms with Crippen LogP contribution < -0.4 is 0 Å². The number of halogens is 1. The molecule has 2 amide bonds. The lowest BCUT2D eigenvalue weighted by Crippen LogP contribution is -2.45. The molecule has 3 fully saturated rings. The molecule has 2 aromatic heterocycles. The maximum Gasteiger partial charge on any atom is 0.411 e. The van der Waals surface area contributed by atoms with E-state index in [2.05, 4.69) is 21.8 Å². The number of aromatic amines is 2. The van der Waals surface area contributed by atoms with Gasteiger partial charge in [0.1, 0.15) is 29.0 Å². The van der Waals surface area contributed by atoms with Crippen molar-refractivity contribution in [1.82, 2.24) is 29.7 Å². The number of imidazole rings is 2. The van der Waals surface area contributed by atoms with Crippen LogP contribution in [0.5, 0.6) is 0 Å². The summed E-state index contributed by atoms with van der Waals surface area (Å²) >= 11 is 0. The van der Waals surface area contributed by atoms with E-state index in [1.165, 1.54) is 0 Å². The lowest BCUT2D eigenvalue weighted by molar-refractivity contribution is -0.00203. The molecule has 1 aliphatic carbocycles. The van der Waals surface area contributed by atoms with Gasteiger partial charge < -0.3 is 19.4 Å². The number of alkyl halides is 1. The minimum absolute atomic E-state index is 0.144. The molecule has 49 heavy (non-hydrogen) atoms. The largest absolute Gasteiger partial charge is 0.444 e. The van der Waals surface area contributed by atoms with Crippen molar-refractivity contribution >= 4 is 23.2 Å². The van der Waals surface area contributed by atoms with Crippen molar-refractivity contribution in [3.8, 4) is 23.1 Å². The molecule has 2 saturated heterocycles. The van der Waals surface area contributed by atoms with Crippen LogP contribution in [-0.2, 0) is 9.47 Å². The number of fused-ring (bicyclic) bond motifs is 3. The van der Waals surface area contributed by atoms with Gasteiger partial charge in [0.15, 0.2) is 0 Å². The maximum atomic E-state index is 14.9. The molecule has 7 rings (SSSR count). The number of aromatic nitrogens is 4. The fourth-order valence-electron chi connectivity index (χ4n) is 7.25. The summed E-state index contributed by atoms with van der Waals surface area (Å²) in [6.07, 6.45) is 2.80. The quantitative estimate of drug-likeness (QED) is 0.215. The molecule has 3 aliphatic rings. The zero-order valence-corrected chi connectivity index (χ0v) is 28.8. The Morgan fingerprint density at radius 3 is 2.33 bits per heavy atom. The zero-order chi connectivity index (χ0) is 34.7. The van der Waals surface area contributed by atoms with Gasteiger partial charge in [-0.3, -0.25) is 9.80 Å². The van der Waals surface area contributed by atoms with E-state index in [-0.39, 0.29) is 24.1 Å². The van der Waals surface area contributed by atoms with Gasteiger partial charge >= 0.3 is 12.2 Å². The first kappa shape index (κ1) is 32.7. The molecule has 2 aromatic carbocycles. The van der Waals surface area contributed by atoms with Crippen molar-refractivity contribution in [3.63, 3.8) is 0 Å². The van der Waals surface area contributed by atoms with Crippen LogP contribution in [0.15, 0.2) is 48.7 Å². The third-order valence-corrected chi connectivity index (χ3v) is 9.32. The van der Waals surface area contributed by atoms with Crippen molar-refractivity contribution in [3.05, 3.63) is 71.4 Å². The van der Waals surface area contributed by atoms with Crippen LogP contribution in [-0.4, -0.2) is 71.9 Å². The van der Waals surface area contributed by atoms with Crippen molar-refractivity contribution < 1.29 is 23.5 Å². The minimum atomic E-state index is -0.980. The Morgan fingerprint density at radius 1 is 0.898 bits per heavy atom. The lowest BCUT2D eigenvalue weighted by atomic mass is 9.96. The third kappa shape index (κ3) is 6.74. The molecule has 1 saturated carbocycles. The smallest absolute Gasteiger partial charge is 0.411 e. The highest BCUT2D eigenvalue weighted by molar-refractivity contribution is 5.78. The van der Waals surface area contributed by atoms with Gasteiger partial charge in [0.05, 0.1) is 28.8 Å². The van der Waals surface area contributed by atoms with Gasteiger partial charge in [-0.1, -0.05) is 24.0 Å². The van der Waals surface area contributed by atoms with Gasteiger partial charge in [-0.15, -0.1) is 0 Å². The van der Waals surface area contributed by atoms with E-state index in [4.69, 9.17) is 19.4 Å². The van der Waals surface area contributed by atoms with E-state index < -0.39 is 29.5 Å². The van der Waals surface area contributed by atoms with Gasteiger partial charge in [0.25, 0.3) is 0 Å². The summed E-state index contributed by atoms with van der Waals surface area (Å²) in [5.74, 6) is 7.47. The van der Waals surface area contributed by atoms with Crippen LogP contribution in [0, 0.1) is 17.8 Å². The second kappa shape index (κ2) is 12.2. The molecule has 2 N–H and O–H groups in total. The van der Waals surface area contributed by atoms with Gasteiger partial charge in [0, 0.05) is 41.4 Å². The Hall–Kier alpha value is -4.85. The molecule has 4 aromatic rings. The minimum Gasteiger partial charge on any atom is -0.444 e. The Kier molecular flexibility index (Phi) is 8.16. The highest BCUT2D eigenvalue weighted by atomic mass is 19.1. The molecule has 0 spiro atoms. The van der Waals surface area contributed by atoms with E-state index in [1.54, 1.807) is 9.80 Å². The average Bonchev–Trinajstić information content (AvgIpc) is 3.85. The first-order chi connectivity index (χ1) is 23.2. The third-order valence-electron chi connectivity index (χ3n) is 9.32. The van der Waals surface area contributed by atoms with Crippen molar-refractivity contribution in [2.24, 2.45) is 5.92 Å². The number of amides is 2. The number of hydrogen-bond acceptors (Lipinski definition) is 6. The highest BCUT2D eigenvalue weighted by Crippen LogP contribution is 2.51. The molecular weight excluding hydrogens is 623 g/mol. The van der Waals surface area contributed by atoms with Crippen LogP contribution >= 0.6 is 0 Å². The second-order valence-electron chi connectivity index (χ2n) is 15.3. The van der Waals surface area contributed by atoms with E-state index in [9.17, 15) is 14.0 Å². The Balaban J connectivity index is 1.05. The monoisotopic (exact) mass is 666 g/mol. The van der Waals surface area contributed by atoms with Crippen molar-refractivity contribution in [2.45, 2.75) is 103 Å². The summed E-state index contributed by atoms with van der Waals surface area (Å²) in [5, 5.41) is 0. The molecule has 0 unspecified atom stereocenters. The van der Waals surface area contributed by atoms with E-state index in [0.29, 0.717) is 30.7 Å². The molecule has 10 nitrogen and oxygen atoms in total. The normalized spacial score (nSPS) is 23.5. The average molecular weight is 667 g/mol. The standard InChI is InChI=1S/C38H43FN6O4/c1-37(2,3)48-35(46)44-17-7-8-31(44)33-40-21-30(43-33)24-14-11-22(12-15-24)9-10-23-13-16-28-29(18-23)42-34(41-28)32-26-19-25(20-27(26)39)45(32)36(47)49-38(4,5)6/h11-16,18,21,25-27,31-32H,7-8,17,19-20H2,1-6H3,(H,40,43)(H,41,42)/t25-,26+,27-,31-,32-/m0/s1. The summed E-state index contributed by atoms with van der Waals surface area (Å²) < 4.78 is 26.2. The number of H-pyrrole nitrogens is 2. The van der Waals surface area contributed by atoms with Gasteiger partial charge in [-0.05, 0) is 97.6 Å². The lowest BCUT2D eigenvalue weighted by Gasteiger charge is -2.36. The zero-order valence-electron chi connectivity index (χ0n) is 28.8. The number of ether oxygens (including phenoxy) is 2. The van der Waals surface area contributed by atoms with Crippen molar-refractivity contribution in [1.29, 1.82) is 0 Å². The van der Waals surface area contributed by atoms with Crippen LogP contribution in [0.3, 0.4) is 0 Å². The number of carbonyl (C=O) groups excluding carboxylic acids is 2. The van der Waals surface area contributed by atoms with Crippen LogP contribution in [0.4, 0.5) is 14.0 Å². The van der Waals surface area contributed by atoms with Gasteiger partial charge in [0.2, 0.25) is 0 Å². The summed E-state index contributed by atoms with van der Waals surface area (Å²) in [5.41, 5.74) is 3.68. The van der Waals surface area contributed by atoms with Gasteiger partial charge in [-0.2, -0.15) is 0 Å². The number of benzene rings is 2. The summed E-state index contributed by atoms with van der Waals surface area (Å²) in [6, 6.07) is 12.8. The number of nitrogens with zero attached hydrogens (tertiary/aromatic N) is 4. The van der Waals surface area contributed by atoms with Gasteiger partial charge in [-0.25, -0.2) is 23.9 Å². The van der Waals surface area contributed by atoms with Crippen LogP contribution in [0.1, 0.15) is 102 Å². The first-order valence-electron chi connectivity index (χ1n) is 17.0. The maximum absolute atomic E-state index is 14.9. The van der Waals surface area contributed by atoms with Crippen LogP contribution in [0.25, 0.3) is 22.3 Å². The Morgan fingerprint density at radius 2 is 1.59 bits per heavy atom. The van der Waals surface area contributed by atoms with E-state index in [1.807, 2.05) is 90.2 Å². The molecular formula is C38H43FN6O4. The summed E-state index contributed by atoms with van der Waals surface area (Å²) in [4.78, 5) is 45.6. The van der Waals surface area contributed by atoms with E-state index in [0.717, 1.165) is 46.6 Å². The predicted octanol–water partition coefficient (Wildman–Crippen LogP) is 7.83. The molecule has 2 bridgehead atoms. The Bertz CT molecular complexity index is 1940. The van der Waals surface area contributed by atoms with E-state index >= 15 is 0 Å². The Labute approximate surface area is 285 Å². The fourth-order valence-corrected chi connectivity index (χ4v) is 7.25. The number of rotatable bonds is 3. The molecule has 5 atom stereocenters. The number of hydrogen-bond donors (Lipinski definition) is 2. The van der Waals surface area contributed by atoms with Crippen LogP contribution in [0.2, 0.25) is 0 Å². The fraction of sp³-hybridized carbons (Fsp3) is 0.474. The molecule has 256 valence electrons. The molecule has 4 heterocycles. The highest BCUT2D eigenvalue weighted by Gasteiger charge is 2.56. The molecule has 11 heteroatoms. The number of carbonyl (C=O) groups is 2. The van der Waals surface area contributed by atoms with Crippen molar-refractivity contribution in [2.75, 3.05) is 6.54 Å². The number of nitrogens with one attached hydrogen (secondary N) is 2. The summed E-state index contributed by atoms with van der Waals surface area (Å²) in [6.45, 7) is 11.8. The SMILES string of the molecule is CC(C)(C)OC(=O)N1CCC[C@H]1c1nc(-c2ccc(C#Cc3ccc4[nH]c([C@@H]5[C@@H]6C[C@@H](C[C@@H]6F)N5C(=O)OC(C)(C)C)nc4c3)cc2)c[nH]1.